The molecule has 1 aromatic carbocycles. The summed E-state index contributed by atoms with van der Waals surface area (Å²) >= 11 is 1.54. The van der Waals surface area contributed by atoms with Crippen LogP contribution in [0.1, 0.15) is 10.6 Å². The molecule has 4 heteroatoms. The van der Waals surface area contributed by atoms with Crippen molar-refractivity contribution in [3.8, 4) is 0 Å². The number of rotatable bonds is 2. The molecular weight excluding hydrogens is 199 g/mol. The zero-order valence-electron chi connectivity index (χ0n) is 7.40. The van der Waals surface area contributed by atoms with E-state index in [0.717, 1.165) is 10.6 Å². The number of halogens is 1. The van der Waals surface area contributed by atoms with Crippen LogP contribution in [0.15, 0.2) is 29.8 Å². The Morgan fingerprint density at radius 1 is 1.43 bits per heavy atom. The van der Waals surface area contributed by atoms with Gasteiger partial charge in [0.2, 0.25) is 0 Å². The number of hydrogen-bond acceptors (Lipinski definition) is 3. The van der Waals surface area contributed by atoms with E-state index in [1.807, 2.05) is 11.4 Å². The quantitative estimate of drug-likeness (QED) is 0.770. The van der Waals surface area contributed by atoms with Crippen molar-refractivity contribution in [1.82, 2.24) is 4.98 Å². The first kappa shape index (κ1) is 9.15. The van der Waals surface area contributed by atoms with Crippen molar-refractivity contribution in [1.29, 1.82) is 0 Å². The molecule has 0 amide bonds. The van der Waals surface area contributed by atoms with Gasteiger partial charge >= 0.3 is 0 Å². The Bertz CT molecular complexity index is 426. The number of thiazole rings is 1. The number of anilines is 1. The summed E-state index contributed by atoms with van der Waals surface area (Å²) in [4.78, 5) is 4.12. The lowest BCUT2D eigenvalue weighted by molar-refractivity contribution is 0.631. The molecule has 14 heavy (non-hydrogen) atoms. The van der Waals surface area contributed by atoms with Crippen LogP contribution in [0, 0.1) is 5.82 Å². The summed E-state index contributed by atoms with van der Waals surface area (Å²) in [6.07, 6.45) is 2.33. The molecular formula is C10H9FN2S. The third-order valence-electron chi connectivity index (χ3n) is 1.97. The summed E-state index contributed by atoms with van der Waals surface area (Å²) in [6, 6.07) is 4.84. The molecule has 0 unspecified atom stereocenters. The first-order valence-electron chi connectivity index (χ1n) is 4.18. The summed E-state index contributed by atoms with van der Waals surface area (Å²) in [5, 5.41) is 2.84. The maximum Gasteiger partial charge on any atom is 0.146 e. The lowest BCUT2D eigenvalue weighted by atomic mass is 10.1. The van der Waals surface area contributed by atoms with Crippen LogP contribution in [0.5, 0.6) is 0 Å². The van der Waals surface area contributed by atoms with Crippen LogP contribution in [-0.2, 0) is 6.42 Å². The van der Waals surface area contributed by atoms with E-state index in [0.29, 0.717) is 6.42 Å². The molecule has 0 atom stereocenters. The minimum atomic E-state index is -0.362. The maximum absolute atomic E-state index is 13.1. The lowest BCUT2D eigenvalue weighted by Crippen LogP contribution is -1.98. The average molecular weight is 208 g/mol. The SMILES string of the molecule is Nc1c(F)cccc1Cc1nccs1. The van der Waals surface area contributed by atoms with Crippen LogP contribution in [0.2, 0.25) is 0 Å². The molecule has 0 bridgehead atoms. The Labute approximate surface area is 85.2 Å². The Morgan fingerprint density at radius 3 is 3.00 bits per heavy atom. The van der Waals surface area contributed by atoms with Gasteiger partial charge in [-0.25, -0.2) is 9.37 Å². The van der Waals surface area contributed by atoms with Crippen molar-refractivity contribution >= 4 is 17.0 Å². The zero-order valence-corrected chi connectivity index (χ0v) is 8.22. The zero-order chi connectivity index (χ0) is 9.97. The van der Waals surface area contributed by atoms with Gasteiger partial charge in [0.1, 0.15) is 5.82 Å². The molecule has 1 heterocycles. The van der Waals surface area contributed by atoms with Crippen LogP contribution in [0.4, 0.5) is 10.1 Å². The predicted octanol–water partition coefficient (Wildman–Crippen LogP) is 2.46. The summed E-state index contributed by atoms with van der Waals surface area (Å²) in [6.45, 7) is 0. The normalized spacial score (nSPS) is 10.4. The molecule has 0 fully saturated rings. The van der Waals surface area contributed by atoms with Crippen LogP contribution < -0.4 is 5.73 Å². The highest BCUT2D eigenvalue weighted by Crippen LogP contribution is 2.20. The number of hydrogen-bond donors (Lipinski definition) is 1. The molecule has 2 nitrogen and oxygen atoms in total. The lowest BCUT2D eigenvalue weighted by Gasteiger charge is -2.03. The van der Waals surface area contributed by atoms with Gasteiger partial charge in [0.25, 0.3) is 0 Å². The Morgan fingerprint density at radius 2 is 2.29 bits per heavy atom. The molecule has 0 saturated carbocycles. The minimum absolute atomic E-state index is 0.225. The fourth-order valence-electron chi connectivity index (χ4n) is 1.24. The number of aromatic nitrogens is 1. The van der Waals surface area contributed by atoms with Crippen molar-refractivity contribution < 1.29 is 4.39 Å². The molecule has 0 saturated heterocycles. The number of nitrogen functional groups attached to an aromatic ring is 1. The van der Waals surface area contributed by atoms with Gasteiger partial charge in [0.15, 0.2) is 0 Å². The highest BCUT2D eigenvalue weighted by Gasteiger charge is 2.05. The van der Waals surface area contributed by atoms with Crippen LogP contribution >= 0.6 is 11.3 Å². The van der Waals surface area contributed by atoms with Crippen molar-refractivity contribution in [2.45, 2.75) is 6.42 Å². The summed E-state index contributed by atoms with van der Waals surface area (Å²) < 4.78 is 13.1. The van der Waals surface area contributed by atoms with Gasteiger partial charge in [-0.1, -0.05) is 12.1 Å². The smallest absolute Gasteiger partial charge is 0.146 e. The van der Waals surface area contributed by atoms with Crippen LogP contribution in [0.3, 0.4) is 0 Å². The molecule has 1 aromatic heterocycles. The fraction of sp³-hybridized carbons (Fsp3) is 0.100. The summed E-state index contributed by atoms with van der Waals surface area (Å²) in [7, 11) is 0. The molecule has 2 N–H and O–H groups in total. The van der Waals surface area contributed by atoms with Gasteiger partial charge in [-0.15, -0.1) is 11.3 Å². The standard InChI is InChI=1S/C10H9FN2S/c11-8-3-1-2-7(10(8)12)6-9-13-4-5-14-9/h1-5H,6,12H2. The molecule has 0 aliphatic rings. The van der Waals surface area contributed by atoms with Crippen molar-refractivity contribution in [3.05, 3.63) is 46.2 Å². The highest BCUT2D eigenvalue weighted by molar-refractivity contribution is 7.09. The van der Waals surface area contributed by atoms with E-state index in [4.69, 9.17) is 5.73 Å². The van der Waals surface area contributed by atoms with E-state index < -0.39 is 0 Å². The third-order valence-corrected chi connectivity index (χ3v) is 2.75. The third kappa shape index (κ3) is 1.75. The second kappa shape index (κ2) is 3.75. The molecule has 0 aliphatic carbocycles. The number of nitrogens with zero attached hydrogens (tertiary/aromatic N) is 1. The van der Waals surface area contributed by atoms with E-state index >= 15 is 0 Å². The van der Waals surface area contributed by atoms with Crippen molar-refractivity contribution in [2.75, 3.05) is 5.73 Å². The van der Waals surface area contributed by atoms with Crippen LogP contribution in [-0.4, -0.2) is 4.98 Å². The molecule has 0 aliphatic heterocycles. The topological polar surface area (TPSA) is 38.9 Å². The van der Waals surface area contributed by atoms with E-state index in [9.17, 15) is 4.39 Å². The number of benzene rings is 1. The molecule has 0 spiro atoms. The Hall–Kier alpha value is -1.42. The number of nitrogens with two attached hydrogens (primary N) is 1. The van der Waals surface area contributed by atoms with Gasteiger partial charge in [0.05, 0.1) is 10.7 Å². The second-order valence-electron chi connectivity index (χ2n) is 2.92. The minimum Gasteiger partial charge on any atom is -0.396 e. The van der Waals surface area contributed by atoms with E-state index in [-0.39, 0.29) is 11.5 Å². The van der Waals surface area contributed by atoms with E-state index in [2.05, 4.69) is 4.98 Å². The largest absolute Gasteiger partial charge is 0.396 e. The number of para-hydroxylation sites is 1. The molecule has 0 radical (unpaired) electrons. The Kier molecular flexibility index (Phi) is 2.45. The maximum atomic E-state index is 13.1. The van der Waals surface area contributed by atoms with Gasteiger partial charge in [-0.2, -0.15) is 0 Å². The first-order valence-corrected chi connectivity index (χ1v) is 5.06. The fourth-order valence-corrected chi connectivity index (χ4v) is 1.88. The van der Waals surface area contributed by atoms with Gasteiger partial charge < -0.3 is 5.73 Å². The van der Waals surface area contributed by atoms with Gasteiger partial charge in [-0.05, 0) is 11.6 Å². The molecule has 2 rings (SSSR count). The monoisotopic (exact) mass is 208 g/mol. The van der Waals surface area contributed by atoms with Crippen molar-refractivity contribution in [3.63, 3.8) is 0 Å². The summed E-state index contributed by atoms with van der Waals surface area (Å²) in [5.41, 5.74) is 6.62. The van der Waals surface area contributed by atoms with Crippen molar-refractivity contribution in [2.24, 2.45) is 0 Å². The van der Waals surface area contributed by atoms with E-state index in [1.165, 1.54) is 6.07 Å². The van der Waals surface area contributed by atoms with Crippen LogP contribution in [0.25, 0.3) is 0 Å². The molecule has 72 valence electrons. The first-order chi connectivity index (χ1) is 6.77. The highest BCUT2D eigenvalue weighted by atomic mass is 32.1. The molecule has 2 aromatic rings. The second-order valence-corrected chi connectivity index (χ2v) is 3.89. The average Bonchev–Trinajstić information content (AvgIpc) is 2.66. The van der Waals surface area contributed by atoms with Gasteiger partial charge in [-0.3, -0.25) is 0 Å². The predicted molar refractivity (Wildman–Crippen MR) is 55.7 cm³/mol. The summed E-state index contributed by atoms with van der Waals surface area (Å²) in [5.74, 6) is -0.362. The van der Waals surface area contributed by atoms with E-state index in [1.54, 1.807) is 23.6 Å². The Balaban J connectivity index is 2.29. The van der Waals surface area contributed by atoms with Gasteiger partial charge in [0, 0.05) is 18.0 Å².